The molecular formula is C89H81BN2. The second kappa shape index (κ2) is 21.7. The Morgan fingerprint density at radius 2 is 0.750 bits per heavy atom. The zero-order valence-electron chi connectivity index (χ0n) is 55.5. The quantitative estimate of drug-likeness (QED) is 0.138. The van der Waals surface area contributed by atoms with Gasteiger partial charge in [-0.3, -0.25) is 0 Å². The van der Waals surface area contributed by atoms with E-state index in [9.17, 15) is 0 Å². The molecule has 0 saturated heterocycles. The van der Waals surface area contributed by atoms with Gasteiger partial charge in [0.05, 0.1) is 22.1 Å². The molecule has 15 rings (SSSR count). The van der Waals surface area contributed by atoms with Crippen molar-refractivity contribution in [3.8, 4) is 50.2 Å². The van der Waals surface area contributed by atoms with E-state index in [0.29, 0.717) is 0 Å². The van der Waals surface area contributed by atoms with Crippen LogP contribution in [0.4, 0.5) is 17.1 Å². The van der Waals surface area contributed by atoms with Crippen molar-refractivity contribution in [3.05, 3.63) is 317 Å². The highest BCUT2D eigenvalue weighted by Gasteiger charge is 2.52. The average molecular weight is 1190 g/mol. The molecule has 3 heteroatoms. The predicted molar refractivity (Wildman–Crippen MR) is 395 cm³/mol. The van der Waals surface area contributed by atoms with E-state index < -0.39 is 5.41 Å². The highest BCUT2D eigenvalue weighted by atomic mass is 15.2. The fourth-order valence-electron chi connectivity index (χ4n) is 15.2. The minimum Gasteiger partial charge on any atom is -0.310 e. The molecule has 92 heavy (non-hydrogen) atoms. The minimum atomic E-state index is -0.822. The van der Waals surface area contributed by atoms with Crippen LogP contribution >= 0.6 is 0 Å². The van der Waals surface area contributed by atoms with Crippen LogP contribution in [0.25, 0.3) is 72.0 Å². The first-order chi connectivity index (χ1) is 44.2. The number of hydrogen-bond donors (Lipinski definition) is 0. The third kappa shape index (κ3) is 9.69. The average Bonchev–Trinajstić information content (AvgIpc) is 0.735. The summed E-state index contributed by atoms with van der Waals surface area (Å²) in [5, 5.41) is 2.56. The van der Waals surface area contributed by atoms with Crippen LogP contribution in [0.5, 0.6) is 0 Å². The molecule has 0 saturated carbocycles. The molecule has 450 valence electrons. The molecule has 0 radical (unpaired) electrons. The zero-order valence-corrected chi connectivity index (χ0v) is 55.5. The van der Waals surface area contributed by atoms with Crippen LogP contribution in [-0.4, -0.2) is 11.3 Å². The number of para-hydroxylation sites is 1. The molecule has 2 aliphatic rings. The highest BCUT2D eigenvalue weighted by Crippen LogP contribution is 2.54. The Bertz CT molecular complexity index is 4790. The summed E-state index contributed by atoms with van der Waals surface area (Å²) in [7, 11) is 0. The number of benzene rings is 12. The van der Waals surface area contributed by atoms with Gasteiger partial charge in [0.2, 0.25) is 6.71 Å². The van der Waals surface area contributed by atoms with E-state index in [4.69, 9.17) is 0 Å². The summed E-state index contributed by atoms with van der Waals surface area (Å²) < 4.78 is 2.57. The Hall–Kier alpha value is -9.70. The molecule has 0 bridgehead atoms. The highest BCUT2D eigenvalue weighted by molar-refractivity contribution is 6.99. The van der Waals surface area contributed by atoms with E-state index in [0.717, 1.165) is 28.1 Å². The lowest BCUT2D eigenvalue weighted by atomic mass is 9.29. The smallest absolute Gasteiger partial charge is 0.247 e. The molecule has 0 N–H and O–H groups in total. The topological polar surface area (TPSA) is 8.17 Å². The van der Waals surface area contributed by atoms with Gasteiger partial charge in [0.15, 0.2) is 0 Å². The van der Waals surface area contributed by atoms with Crippen LogP contribution in [0, 0.1) is 0 Å². The Kier molecular flexibility index (Phi) is 13.9. The van der Waals surface area contributed by atoms with Gasteiger partial charge in [0.25, 0.3) is 0 Å². The third-order valence-corrected chi connectivity index (χ3v) is 20.1. The van der Waals surface area contributed by atoms with Crippen LogP contribution in [0.2, 0.25) is 0 Å². The Morgan fingerprint density at radius 1 is 0.304 bits per heavy atom. The Labute approximate surface area is 546 Å². The molecule has 0 amide bonds. The van der Waals surface area contributed by atoms with Gasteiger partial charge < -0.3 is 9.47 Å². The lowest BCUT2D eigenvalue weighted by Crippen LogP contribution is -2.65. The standard InChI is InChI=1S/C89H81BN2/c1-85(2,3)66-42-47-79-73(55-66)74-56-67(86(4,5)6)43-48-80(74)91(79)70-44-46-77-75(57-70)89(64-35-24-16-25-36-64,65-37-26-17-27-38-65)76-51-63(58-29-18-13-19-30-58)53-82-83(76)90(77)78-45-41-61(62-49-68(87(7,8)9)54-69(50-62)88(10,11)12)52-81(78)92(82)84-71(59-31-20-14-21-32-59)39-28-40-72(84)60-33-22-15-23-34-60/h13-57H,1-12H3. The normalized spacial score (nSPS) is 13.7. The van der Waals surface area contributed by atoms with Crippen LogP contribution < -0.4 is 21.3 Å². The van der Waals surface area contributed by atoms with Crippen molar-refractivity contribution in [1.82, 2.24) is 4.57 Å². The maximum Gasteiger partial charge on any atom is 0.247 e. The fourth-order valence-corrected chi connectivity index (χ4v) is 15.2. The summed E-state index contributed by atoms with van der Waals surface area (Å²) in [6.45, 7) is 27.9. The van der Waals surface area contributed by atoms with Gasteiger partial charge in [-0.05, 0) is 165 Å². The van der Waals surface area contributed by atoms with E-state index >= 15 is 0 Å². The molecule has 0 fully saturated rings. The van der Waals surface area contributed by atoms with Gasteiger partial charge >= 0.3 is 0 Å². The monoisotopic (exact) mass is 1190 g/mol. The van der Waals surface area contributed by atoms with Gasteiger partial charge in [-0.1, -0.05) is 307 Å². The van der Waals surface area contributed by atoms with Crippen molar-refractivity contribution < 1.29 is 0 Å². The van der Waals surface area contributed by atoms with Gasteiger partial charge in [-0.25, -0.2) is 0 Å². The number of nitrogens with zero attached hydrogens (tertiary/aromatic N) is 2. The summed E-state index contributed by atoms with van der Waals surface area (Å²) in [6.07, 6.45) is 0. The van der Waals surface area contributed by atoms with Gasteiger partial charge in [-0.2, -0.15) is 0 Å². The Balaban J connectivity index is 1.12. The molecule has 12 aromatic carbocycles. The SMILES string of the molecule is CC(C)(C)c1cc(-c2ccc3c(c2)N(c2c(-c4ccccc4)cccc2-c2ccccc2)c2cc(-c4ccccc4)cc4c2B3c2ccc(-n3c5ccc(C(C)(C)C)cc5c5cc(C(C)(C)C)ccc53)cc2C4(c2ccccc2)c2ccccc2)cc(C(C)(C)C)c1. The second-order valence-electron chi connectivity index (χ2n) is 30.2. The fraction of sp³-hybridized carbons (Fsp3) is 0.191. The molecule has 0 unspecified atom stereocenters. The van der Waals surface area contributed by atoms with Gasteiger partial charge in [0, 0.05) is 39.0 Å². The molecule has 2 aliphatic heterocycles. The summed E-state index contributed by atoms with van der Waals surface area (Å²) in [4.78, 5) is 2.71. The molecule has 0 aliphatic carbocycles. The van der Waals surface area contributed by atoms with Crippen molar-refractivity contribution in [2.45, 2.75) is 110 Å². The van der Waals surface area contributed by atoms with Crippen molar-refractivity contribution >= 4 is 62.0 Å². The van der Waals surface area contributed by atoms with Crippen LogP contribution in [0.1, 0.15) is 128 Å². The first-order valence-electron chi connectivity index (χ1n) is 33.1. The van der Waals surface area contributed by atoms with E-state index in [1.54, 1.807) is 0 Å². The van der Waals surface area contributed by atoms with Gasteiger partial charge in [0.1, 0.15) is 0 Å². The largest absolute Gasteiger partial charge is 0.310 e. The third-order valence-electron chi connectivity index (χ3n) is 20.1. The van der Waals surface area contributed by atoms with Gasteiger partial charge in [-0.15, -0.1) is 0 Å². The zero-order chi connectivity index (χ0) is 63.6. The first kappa shape index (κ1) is 58.7. The first-order valence-corrected chi connectivity index (χ1v) is 33.1. The number of rotatable bonds is 8. The molecule has 3 heterocycles. The number of fused-ring (bicyclic) bond motifs is 7. The molecule has 0 spiro atoms. The summed E-state index contributed by atoms with van der Waals surface area (Å²) in [5.41, 5.74) is 29.6. The van der Waals surface area contributed by atoms with Crippen LogP contribution in [0.15, 0.2) is 273 Å². The molecule has 1 aromatic heterocycles. The van der Waals surface area contributed by atoms with E-state index in [2.05, 4.69) is 366 Å². The summed E-state index contributed by atoms with van der Waals surface area (Å²) in [6, 6.07) is 105. The summed E-state index contributed by atoms with van der Waals surface area (Å²) in [5.74, 6) is 0. The molecule has 0 atom stereocenters. The number of anilines is 3. The lowest BCUT2D eigenvalue weighted by molar-refractivity contribution is 0.569. The Morgan fingerprint density at radius 3 is 1.24 bits per heavy atom. The number of hydrogen-bond acceptors (Lipinski definition) is 1. The van der Waals surface area contributed by atoms with Crippen molar-refractivity contribution in [3.63, 3.8) is 0 Å². The number of aromatic nitrogens is 1. The predicted octanol–water partition coefficient (Wildman–Crippen LogP) is 21.6. The van der Waals surface area contributed by atoms with Crippen molar-refractivity contribution in [2.75, 3.05) is 4.90 Å². The molecule has 13 aromatic rings. The minimum absolute atomic E-state index is 0.0307. The van der Waals surface area contributed by atoms with E-state index in [1.807, 2.05) is 0 Å². The molecule has 2 nitrogen and oxygen atoms in total. The lowest BCUT2D eigenvalue weighted by Gasteiger charge is -2.49. The van der Waals surface area contributed by atoms with Crippen LogP contribution in [0.3, 0.4) is 0 Å². The van der Waals surface area contributed by atoms with Crippen molar-refractivity contribution in [2.24, 2.45) is 0 Å². The summed E-state index contributed by atoms with van der Waals surface area (Å²) >= 11 is 0. The van der Waals surface area contributed by atoms with Crippen molar-refractivity contribution in [1.29, 1.82) is 0 Å². The maximum atomic E-state index is 2.71. The second-order valence-corrected chi connectivity index (χ2v) is 30.2. The van der Waals surface area contributed by atoms with E-state index in [-0.39, 0.29) is 28.4 Å². The van der Waals surface area contributed by atoms with E-state index in [1.165, 1.54) is 122 Å². The van der Waals surface area contributed by atoms with Crippen LogP contribution in [-0.2, 0) is 27.1 Å². The maximum absolute atomic E-state index is 2.71. The molecular weight excluding hydrogens is 1110 g/mol.